The summed E-state index contributed by atoms with van der Waals surface area (Å²) in [6.07, 6.45) is 12.3. The molecule has 0 atom stereocenters. The fraction of sp³-hybridized carbons (Fsp3) is 0.800. The standard InChI is InChI=1S/C120H214OSi2/c1-97(2,3)69-109(37,38)81-61-85(113(45,46)73-101(13,14)15)93(86(62-81)114(47,48)74-102(16,17)18)122(94-87(115(49,50)75-103(19,20)21)63-82(110(39,40)70-98(4,5)6)64-88(94)116(51,52)76-104(22,23)24)121-123(95-89(117(53,54)77-105(25,26)27)65-83(111(41,42)71-99(7,8)9)66-90(95)118(55,56)78-106(28,29)30)96-91(119(57,58)79-107(31,32)33)67-84(112(43,44)72-100(10,11)12)68-92(96)120(59,60)80-108(34,35)36/h61-68,122-123H,69-80H2,1-60H3. The van der Waals surface area contributed by atoms with Gasteiger partial charge in [0.15, 0.2) is 0 Å². The summed E-state index contributed by atoms with van der Waals surface area (Å²) in [4.78, 5) is 0. The topological polar surface area (TPSA) is 9.23 Å². The Labute approximate surface area is 775 Å². The second kappa shape index (κ2) is 35.7. The van der Waals surface area contributed by atoms with Crippen LogP contribution in [0.5, 0.6) is 0 Å². The van der Waals surface area contributed by atoms with Crippen LogP contribution in [0, 0.1) is 65.0 Å². The van der Waals surface area contributed by atoms with Crippen molar-refractivity contribution >= 4 is 38.8 Å². The predicted octanol–water partition coefficient (Wildman–Crippen LogP) is 34.6. The van der Waals surface area contributed by atoms with Gasteiger partial charge < -0.3 is 4.12 Å². The third kappa shape index (κ3) is 32.3. The highest BCUT2D eigenvalue weighted by Gasteiger charge is 2.52. The van der Waals surface area contributed by atoms with Gasteiger partial charge in [-0.05, 0) is 295 Å². The van der Waals surface area contributed by atoms with E-state index >= 15 is 0 Å². The summed E-state index contributed by atoms with van der Waals surface area (Å²) < 4.78 is 10.8. The highest BCUT2D eigenvalue weighted by Crippen LogP contribution is 2.53. The summed E-state index contributed by atoms with van der Waals surface area (Å²) in [5.74, 6) is 0. The largest absolute Gasteiger partial charge is 0.446 e. The Morgan fingerprint density at radius 2 is 0.220 bits per heavy atom. The second-order valence-electron chi connectivity index (χ2n) is 64.3. The molecule has 0 heterocycles. The predicted molar refractivity (Wildman–Crippen MR) is 565 cm³/mol. The third-order valence-electron chi connectivity index (χ3n) is 26.7. The van der Waals surface area contributed by atoms with Gasteiger partial charge in [-0.2, -0.15) is 0 Å². The van der Waals surface area contributed by atoms with Gasteiger partial charge >= 0.3 is 0 Å². The molecule has 0 aliphatic heterocycles. The first-order valence-electron chi connectivity index (χ1n) is 49.7. The Bertz CT molecular complexity index is 3480. The van der Waals surface area contributed by atoms with Crippen LogP contribution in [-0.4, -0.2) is 18.1 Å². The molecule has 0 radical (unpaired) electrons. The van der Waals surface area contributed by atoms with E-state index in [1.807, 2.05) is 0 Å². The van der Waals surface area contributed by atoms with E-state index < -0.39 is 18.1 Å². The van der Waals surface area contributed by atoms with Gasteiger partial charge in [0, 0.05) is 0 Å². The lowest BCUT2D eigenvalue weighted by Crippen LogP contribution is -2.65. The summed E-state index contributed by atoms with van der Waals surface area (Å²) >= 11 is 0. The number of rotatable bonds is 30. The first kappa shape index (κ1) is 113. The van der Waals surface area contributed by atoms with E-state index in [2.05, 4.69) is 464 Å². The Balaban J connectivity index is 3.35. The fourth-order valence-corrected chi connectivity index (χ4v) is 37.5. The molecule has 0 unspecified atom stereocenters. The van der Waals surface area contributed by atoms with Gasteiger partial charge in [0.25, 0.3) is 0 Å². The van der Waals surface area contributed by atoms with Crippen molar-refractivity contribution in [3.63, 3.8) is 0 Å². The normalized spacial score (nSPS) is 15.4. The molecule has 4 aromatic rings. The van der Waals surface area contributed by atoms with Crippen molar-refractivity contribution in [1.29, 1.82) is 0 Å². The van der Waals surface area contributed by atoms with E-state index in [-0.39, 0.29) is 130 Å². The van der Waals surface area contributed by atoms with Crippen LogP contribution in [0.3, 0.4) is 0 Å². The molecule has 0 aliphatic rings. The minimum absolute atomic E-state index is 0.0266. The average Bonchev–Trinajstić information content (AvgIpc) is 0.706. The van der Waals surface area contributed by atoms with Crippen LogP contribution in [0.4, 0.5) is 0 Å². The van der Waals surface area contributed by atoms with Crippen LogP contribution in [0.25, 0.3) is 0 Å². The molecular formula is C120H214OSi2. The van der Waals surface area contributed by atoms with Crippen LogP contribution < -0.4 is 20.7 Å². The van der Waals surface area contributed by atoms with Crippen molar-refractivity contribution in [2.75, 3.05) is 0 Å². The van der Waals surface area contributed by atoms with E-state index in [0.717, 1.165) is 77.0 Å². The molecule has 0 fully saturated rings. The zero-order valence-corrected chi connectivity index (χ0v) is 97.0. The minimum atomic E-state index is -3.47. The molecule has 0 saturated carbocycles. The van der Waals surface area contributed by atoms with E-state index in [1.165, 1.54) is 66.8 Å². The lowest BCUT2D eigenvalue weighted by atomic mass is 9.65. The second-order valence-corrected chi connectivity index (χ2v) is 69.2. The molecular weight excluding hydrogens is 1510 g/mol. The van der Waals surface area contributed by atoms with Crippen molar-refractivity contribution in [3.05, 3.63) is 115 Å². The molecule has 0 aliphatic carbocycles. The number of hydrogen-bond acceptors (Lipinski definition) is 1. The molecule has 0 bridgehead atoms. The molecule has 4 rings (SSSR count). The van der Waals surface area contributed by atoms with Crippen LogP contribution in [-0.2, 0) is 69.1 Å². The van der Waals surface area contributed by atoms with Gasteiger partial charge in [0.1, 0.15) is 0 Å². The monoisotopic (exact) mass is 1730 g/mol. The van der Waals surface area contributed by atoms with Crippen molar-refractivity contribution in [1.82, 2.24) is 0 Å². The molecule has 4 aromatic carbocycles. The highest BCUT2D eigenvalue weighted by atomic mass is 28.4. The van der Waals surface area contributed by atoms with E-state index in [0.29, 0.717) is 0 Å². The zero-order valence-electron chi connectivity index (χ0n) is 94.7. The molecule has 708 valence electrons. The Morgan fingerprint density at radius 1 is 0.138 bits per heavy atom. The lowest BCUT2D eigenvalue weighted by molar-refractivity contribution is 0.273. The smallest absolute Gasteiger partial charge is 0.229 e. The molecule has 1 nitrogen and oxygen atoms in total. The van der Waals surface area contributed by atoms with Gasteiger partial charge in [0.2, 0.25) is 18.1 Å². The lowest BCUT2D eigenvalue weighted by Gasteiger charge is -2.48. The Morgan fingerprint density at radius 3 is 0.301 bits per heavy atom. The van der Waals surface area contributed by atoms with E-state index in [9.17, 15) is 4.12 Å². The molecule has 123 heavy (non-hydrogen) atoms. The molecule has 0 amide bonds. The summed E-state index contributed by atoms with van der Waals surface area (Å²) in [7, 11) is -6.93. The van der Waals surface area contributed by atoms with E-state index in [1.54, 1.807) is 20.7 Å². The summed E-state index contributed by atoms with van der Waals surface area (Å²) in [5.41, 5.74) is 14.9. The van der Waals surface area contributed by atoms with Gasteiger partial charge in [0.05, 0.1) is 0 Å². The first-order chi connectivity index (χ1) is 53.3. The Kier molecular flexibility index (Phi) is 32.7. The van der Waals surface area contributed by atoms with Crippen molar-refractivity contribution in [3.8, 4) is 0 Å². The number of hydrogen-bond donors (Lipinski definition) is 0. The molecule has 3 heteroatoms. The molecule has 0 aromatic heterocycles. The van der Waals surface area contributed by atoms with E-state index in [4.69, 9.17) is 0 Å². The fourth-order valence-electron chi connectivity index (χ4n) is 27.6. The van der Waals surface area contributed by atoms with Gasteiger partial charge in [-0.1, -0.05) is 464 Å². The van der Waals surface area contributed by atoms with Gasteiger partial charge in [-0.15, -0.1) is 0 Å². The summed E-state index contributed by atoms with van der Waals surface area (Å²) in [5, 5.41) is 6.32. The van der Waals surface area contributed by atoms with Crippen LogP contribution in [0.15, 0.2) is 48.5 Å². The minimum Gasteiger partial charge on any atom is -0.446 e. The SMILES string of the molecule is CC(C)(C)CC(C)(C)c1cc(C(C)(C)CC(C)(C)C)c([SiH](O[SiH](c2c(C(C)(C)CC(C)(C)C)cc(C(C)(C)CC(C)(C)C)cc2C(C)(C)CC(C)(C)C)c2c(C(C)(C)CC(C)(C)C)cc(C(C)(C)CC(C)(C)C)cc2C(C)(C)CC(C)(C)C)c2c(C(C)(C)CC(C)(C)C)cc(C(C)(C)CC(C)(C)C)cc2C(C)(C)CC(C)(C)C)c(C(C)(C)CC(C)(C)C)c1. The quantitative estimate of drug-likeness (QED) is 0.0473. The van der Waals surface area contributed by atoms with Crippen molar-refractivity contribution in [2.24, 2.45) is 65.0 Å². The zero-order chi connectivity index (χ0) is 97.2. The van der Waals surface area contributed by atoms with Crippen molar-refractivity contribution in [2.45, 2.75) is 557 Å². The van der Waals surface area contributed by atoms with Crippen molar-refractivity contribution < 1.29 is 4.12 Å². The van der Waals surface area contributed by atoms with Crippen LogP contribution in [0.1, 0.15) is 559 Å². The maximum absolute atomic E-state index is 10.8. The maximum Gasteiger partial charge on any atom is 0.229 e. The number of benzene rings is 4. The third-order valence-corrected chi connectivity index (χ3v) is 33.4. The van der Waals surface area contributed by atoms with Crippen LogP contribution >= 0.6 is 0 Å². The molecule has 0 saturated heterocycles. The summed E-state index contributed by atoms with van der Waals surface area (Å²) in [6.45, 7) is 155. The summed E-state index contributed by atoms with van der Waals surface area (Å²) in [6, 6.07) is 23.2. The average molecular weight is 1730 g/mol. The van der Waals surface area contributed by atoms with Gasteiger partial charge in [-0.25, -0.2) is 0 Å². The first-order valence-corrected chi connectivity index (χ1v) is 53.0. The molecule has 0 spiro atoms. The van der Waals surface area contributed by atoms with Crippen LogP contribution in [0.2, 0.25) is 0 Å². The highest BCUT2D eigenvalue weighted by molar-refractivity contribution is 6.93. The maximum atomic E-state index is 10.8. The van der Waals surface area contributed by atoms with Gasteiger partial charge in [-0.3, -0.25) is 0 Å². The Hall–Kier alpha value is -2.73. The molecule has 0 N–H and O–H groups in total.